The zero-order valence-corrected chi connectivity index (χ0v) is 10.6. The normalized spacial score (nSPS) is 21.9. The fraction of sp³-hybridized carbons (Fsp3) is 0.833. The second-order valence-corrected chi connectivity index (χ2v) is 5.17. The van der Waals surface area contributed by atoms with Crippen LogP contribution < -0.4 is 5.73 Å². The van der Waals surface area contributed by atoms with Crippen molar-refractivity contribution in [3.05, 3.63) is 0 Å². The largest absolute Gasteiger partial charge is 0.481 e. The molecule has 5 nitrogen and oxygen atoms in total. The number of carboxylic acid groups (broad SMARTS) is 1. The van der Waals surface area contributed by atoms with Crippen LogP contribution in [0.4, 0.5) is 0 Å². The minimum Gasteiger partial charge on any atom is -0.481 e. The summed E-state index contributed by atoms with van der Waals surface area (Å²) in [6.07, 6.45) is 1.32. The molecule has 1 fully saturated rings. The van der Waals surface area contributed by atoms with E-state index in [9.17, 15) is 9.59 Å². The van der Waals surface area contributed by atoms with Gasteiger partial charge in [-0.05, 0) is 18.8 Å². The summed E-state index contributed by atoms with van der Waals surface area (Å²) >= 11 is 0. The number of rotatable bonds is 5. The van der Waals surface area contributed by atoms with Crippen LogP contribution in [0.2, 0.25) is 0 Å². The van der Waals surface area contributed by atoms with Gasteiger partial charge in [0, 0.05) is 19.6 Å². The van der Waals surface area contributed by atoms with E-state index in [4.69, 9.17) is 10.8 Å². The molecule has 0 aromatic carbocycles. The Balaban J connectivity index is 2.55. The van der Waals surface area contributed by atoms with E-state index in [0.29, 0.717) is 32.0 Å². The maximum absolute atomic E-state index is 12.1. The quantitative estimate of drug-likeness (QED) is 0.737. The van der Waals surface area contributed by atoms with E-state index in [1.807, 2.05) is 0 Å². The number of carboxylic acids is 1. The molecule has 1 rings (SSSR count). The van der Waals surface area contributed by atoms with E-state index >= 15 is 0 Å². The van der Waals surface area contributed by atoms with Crippen LogP contribution >= 0.6 is 0 Å². The van der Waals surface area contributed by atoms with Crippen LogP contribution in [0, 0.1) is 17.8 Å². The highest BCUT2D eigenvalue weighted by molar-refractivity contribution is 5.81. The lowest BCUT2D eigenvalue weighted by Gasteiger charge is -2.23. The smallest absolute Gasteiger partial charge is 0.308 e. The van der Waals surface area contributed by atoms with Gasteiger partial charge in [0.15, 0.2) is 0 Å². The SMILES string of the molecule is CC(C)CC(CN)C(=O)N1CCC(C(=O)O)C1. The highest BCUT2D eigenvalue weighted by Crippen LogP contribution is 2.21. The van der Waals surface area contributed by atoms with Gasteiger partial charge in [-0.3, -0.25) is 9.59 Å². The lowest BCUT2D eigenvalue weighted by Crippen LogP contribution is -2.38. The Bertz CT molecular complexity index is 291. The summed E-state index contributed by atoms with van der Waals surface area (Å²) in [6, 6.07) is 0. The average molecular weight is 242 g/mol. The lowest BCUT2D eigenvalue weighted by atomic mass is 9.96. The topological polar surface area (TPSA) is 83.6 Å². The van der Waals surface area contributed by atoms with E-state index in [-0.39, 0.29) is 11.8 Å². The van der Waals surface area contributed by atoms with Crippen molar-refractivity contribution < 1.29 is 14.7 Å². The van der Waals surface area contributed by atoms with Crippen molar-refractivity contribution in [2.75, 3.05) is 19.6 Å². The number of nitrogens with zero attached hydrogens (tertiary/aromatic N) is 1. The van der Waals surface area contributed by atoms with Gasteiger partial charge in [-0.15, -0.1) is 0 Å². The molecule has 0 aromatic rings. The molecule has 0 saturated carbocycles. The van der Waals surface area contributed by atoms with Gasteiger partial charge in [-0.1, -0.05) is 13.8 Å². The first-order chi connectivity index (χ1) is 7.95. The molecule has 2 atom stereocenters. The molecule has 1 aliphatic rings. The van der Waals surface area contributed by atoms with Crippen LogP contribution in [-0.2, 0) is 9.59 Å². The van der Waals surface area contributed by atoms with Gasteiger partial charge in [0.1, 0.15) is 0 Å². The fourth-order valence-corrected chi connectivity index (χ4v) is 2.29. The van der Waals surface area contributed by atoms with Gasteiger partial charge in [-0.25, -0.2) is 0 Å². The Morgan fingerprint density at radius 1 is 1.47 bits per heavy atom. The van der Waals surface area contributed by atoms with Gasteiger partial charge >= 0.3 is 5.97 Å². The lowest BCUT2D eigenvalue weighted by molar-refractivity contribution is -0.141. The summed E-state index contributed by atoms with van der Waals surface area (Å²) in [6.45, 7) is 5.33. The molecule has 1 amide bonds. The summed E-state index contributed by atoms with van der Waals surface area (Å²) in [7, 11) is 0. The molecule has 98 valence electrons. The van der Waals surface area contributed by atoms with Crippen LogP contribution in [0.15, 0.2) is 0 Å². The number of aliphatic carboxylic acids is 1. The molecule has 1 heterocycles. The van der Waals surface area contributed by atoms with Gasteiger partial charge in [0.2, 0.25) is 5.91 Å². The number of nitrogens with two attached hydrogens (primary N) is 1. The first kappa shape index (κ1) is 14.0. The van der Waals surface area contributed by atoms with Crippen LogP contribution in [-0.4, -0.2) is 41.5 Å². The Morgan fingerprint density at radius 3 is 2.53 bits per heavy atom. The average Bonchev–Trinajstić information content (AvgIpc) is 2.73. The molecule has 0 spiro atoms. The zero-order valence-electron chi connectivity index (χ0n) is 10.6. The van der Waals surface area contributed by atoms with E-state index in [0.717, 1.165) is 6.42 Å². The van der Waals surface area contributed by atoms with E-state index in [1.54, 1.807) is 4.90 Å². The summed E-state index contributed by atoms with van der Waals surface area (Å²) in [5, 5.41) is 8.89. The minimum absolute atomic E-state index is 0.0185. The highest BCUT2D eigenvalue weighted by Gasteiger charge is 2.33. The van der Waals surface area contributed by atoms with Crippen LogP contribution in [0.25, 0.3) is 0 Å². The molecule has 1 saturated heterocycles. The van der Waals surface area contributed by atoms with E-state index in [1.165, 1.54) is 0 Å². The van der Waals surface area contributed by atoms with Crippen LogP contribution in [0.1, 0.15) is 26.7 Å². The van der Waals surface area contributed by atoms with Gasteiger partial charge < -0.3 is 15.7 Å². The molecule has 2 unspecified atom stereocenters. The summed E-state index contributed by atoms with van der Waals surface area (Å²) in [4.78, 5) is 24.6. The second-order valence-electron chi connectivity index (χ2n) is 5.17. The maximum atomic E-state index is 12.1. The first-order valence-electron chi connectivity index (χ1n) is 6.17. The van der Waals surface area contributed by atoms with Crippen molar-refractivity contribution in [1.29, 1.82) is 0 Å². The van der Waals surface area contributed by atoms with Crippen LogP contribution in [0.3, 0.4) is 0 Å². The number of amides is 1. The number of carbonyl (C=O) groups excluding carboxylic acids is 1. The molecule has 3 N–H and O–H groups in total. The Kier molecular flexibility index (Phi) is 4.93. The maximum Gasteiger partial charge on any atom is 0.308 e. The predicted molar refractivity (Wildman–Crippen MR) is 64.3 cm³/mol. The van der Waals surface area contributed by atoms with Gasteiger partial charge in [0.25, 0.3) is 0 Å². The van der Waals surface area contributed by atoms with Crippen molar-refractivity contribution in [3.8, 4) is 0 Å². The minimum atomic E-state index is -0.812. The van der Waals surface area contributed by atoms with Gasteiger partial charge in [0.05, 0.1) is 11.8 Å². The standard InChI is InChI=1S/C12H22N2O3/c1-8(2)5-10(6-13)11(15)14-4-3-9(7-14)12(16)17/h8-10H,3-7,13H2,1-2H3,(H,16,17). The highest BCUT2D eigenvalue weighted by atomic mass is 16.4. The molecule has 1 aliphatic heterocycles. The van der Waals surface area contributed by atoms with Gasteiger partial charge in [-0.2, -0.15) is 0 Å². The monoisotopic (exact) mass is 242 g/mol. The zero-order chi connectivity index (χ0) is 13.0. The summed E-state index contributed by atoms with van der Waals surface area (Å²) in [5.41, 5.74) is 5.62. The molecule has 5 heteroatoms. The Hall–Kier alpha value is -1.10. The first-order valence-corrected chi connectivity index (χ1v) is 6.17. The van der Waals surface area contributed by atoms with E-state index in [2.05, 4.69) is 13.8 Å². The third kappa shape index (κ3) is 3.70. The Morgan fingerprint density at radius 2 is 2.12 bits per heavy atom. The summed E-state index contributed by atoms with van der Waals surface area (Å²) < 4.78 is 0. The summed E-state index contributed by atoms with van der Waals surface area (Å²) in [5.74, 6) is -0.942. The van der Waals surface area contributed by atoms with Crippen molar-refractivity contribution >= 4 is 11.9 Å². The fourth-order valence-electron chi connectivity index (χ4n) is 2.29. The molecule has 0 aromatic heterocycles. The second kappa shape index (κ2) is 6.00. The molecular formula is C12H22N2O3. The molecule has 0 radical (unpaired) electrons. The molecule has 17 heavy (non-hydrogen) atoms. The van der Waals surface area contributed by atoms with E-state index < -0.39 is 11.9 Å². The third-order valence-electron chi connectivity index (χ3n) is 3.24. The number of likely N-dealkylation sites (tertiary alicyclic amines) is 1. The van der Waals surface area contributed by atoms with Crippen molar-refractivity contribution in [3.63, 3.8) is 0 Å². The number of hydrogen-bond donors (Lipinski definition) is 2. The number of carbonyl (C=O) groups is 2. The number of hydrogen-bond acceptors (Lipinski definition) is 3. The van der Waals surface area contributed by atoms with Crippen molar-refractivity contribution in [1.82, 2.24) is 4.90 Å². The van der Waals surface area contributed by atoms with Crippen molar-refractivity contribution in [2.24, 2.45) is 23.5 Å². The predicted octanol–water partition coefficient (Wildman–Crippen LogP) is 0.541. The molecule has 0 aliphatic carbocycles. The third-order valence-corrected chi connectivity index (χ3v) is 3.24. The molecule has 0 bridgehead atoms. The van der Waals surface area contributed by atoms with Crippen molar-refractivity contribution in [2.45, 2.75) is 26.7 Å². The Labute approximate surface area is 102 Å². The van der Waals surface area contributed by atoms with Crippen LogP contribution in [0.5, 0.6) is 0 Å². The molecular weight excluding hydrogens is 220 g/mol.